The van der Waals surface area contributed by atoms with Crippen molar-refractivity contribution in [2.45, 2.75) is 19.4 Å². The van der Waals surface area contributed by atoms with E-state index in [0.29, 0.717) is 13.1 Å². The molecular weight excluding hydrogens is 212 g/mol. The van der Waals surface area contributed by atoms with E-state index in [1.807, 2.05) is 32.0 Å². The van der Waals surface area contributed by atoms with Crippen molar-refractivity contribution >= 4 is 16.6 Å². The molecule has 0 aliphatic carbocycles. The lowest BCUT2D eigenvalue weighted by Crippen LogP contribution is -2.60. The second kappa shape index (κ2) is 3.44. The predicted octanol–water partition coefficient (Wildman–Crippen LogP) is 2.11. The fourth-order valence-electron chi connectivity index (χ4n) is 2.49. The first-order chi connectivity index (χ1) is 8.05. The van der Waals surface area contributed by atoms with Crippen molar-refractivity contribution in [3.8, 4) is 0 Å². The predicted molar refractivity (Wildman–Crippen MR) is 69.3 cm³/mol. The zero-order valence-electron chi connectivity index (χ0n) is 10.1. The van der Waals surface area contributed by atoms with E-state index in [1.54, 1.807) is 0 Å². The number of hydrogen-bond acceptors (Lipinski definition) is 3. The summed E-state index contributed by atoms with van der Waals surface area (Å²) in [4.78, 5) is 6.73. The number of pyridine rings is 1. The maximum absolute atomic E-state index is 9.83. The van der Waals surface area contributed by atoms with E-state index in [1.165, 1.54) is 5.69 Å². The van der Waals surface area contributed by atoms with Crippen molar-refractivity contribution in [1.82, 2.24) is 4.98 Å². The molecule has 0 saturated carbocycles. The van der Waals surface area contributed by atoms with Crippen molar-refractivity contribution in [2.75, 3.05) is 18.0 Å². The highest BCUT2D eigenvalue weighted by atomic mass is 16.3. The van der Waals surface area contributed by atoms with E-state index in [9.17, 15) is 5.11 Å². The summed E-state index contributed by atoms with van der Waals surface area (Å²) in [5, 5.41) is 11.0. The Morgan fingerprint density at radius 2 is 2.00 bits per heavy atom. The SMILES string of the molecule is Cc1cc(N2CC(C)(O)C2)c2ccccc2n1. The third kappa shape index (κ3) is 1.76. The number of aromatic nitrogens is 1. The van der Waals surface area contributed by atoms with E-state index in [2.05, 4.69) is 22.0 Å². The Bertz CT molecular complexity index is 569. The van der Waals surface area contributed by atoms with E-state index in [-0.39, 0.29) is 0 Å². The topological polar surface area (TPSA) is 36.4 Å². The van der Waals surface area contributed by atoms with Gasteiger partial charge in [-0.05, 0) is 26.0 Å². The van der Waals surface area contributed by atoms with Crippen LogP contribution in [0.15, 0.2) is 30.3 Å². The summed E-state index contributed by atoms with van der Waals surface area (Å²) in [5.74, 6) is 0. The molecule has 0 bridgehead atoms. The van der Waals surface area contributed by atoms with Crippen LogP contribution >= 0.6 is 0 Å². The molecule has 0 atom stereocenters. The molecule has 1 N–H and O–H groups in total. The number of anilines is 1. The average Bonchev–Trinajstić information content (AvgIpc) is 2.24. The Morgan fingerprint density at radius 3 is 2.71 bits per heavy atom. The number of nitrogens with zero attached hydrogens (tertiary/aromatic N) is 2. The average molecular weight is 228 g/mol. The second-order valence-corrected chi connectivity index (χ2v) is 5.15. The van der Waals surface area contributed by atoms with E-state index in [0.717, 1.165) is 16.6 Å². The summed E-state index contributed by atoms with van der Waals surface area (Å²) in [6, 6.07) is 10.2. The number of fused-ring (bicyclic) bond motifs is 1. The highest BCUT2D eigenvalue weighted by Crippen LogP contribution is 2.33. The van der Waals surface area contributed by atoms with Gasteiger partial charge in [0.05, 0.1) is 11.1 Å². The Balaban J connectivity index is 2.10. The summed E-state index contributed by atoms with van der Waals surface area (Å²) in [7, 11) is 0. The Kier molecular flexibility index (Phi) is 2.13. The fourth-order valence-corrected chi connectivity index (χ4v) is 2.49. The maximum Gasteiger partial charge on any atom is 0.0967 e. The molecule has 0 unspecified atom stereocenters. The summed E-state index contributed by atoms with van der Waals surface area (Å²) in [6.45, 7) is 5.27. The molecule has 0 radical (unpaired) electrons. The molecule has 2 aromatic rings. The number of para-hydroxylation sites is 1. The molecule has 0 spiro atoms. The number of benzene rings is 1. The van der Waals surface area contributed by atoms with Crippen molar-refractivity contribution in [2.24, 2.45) is 0 Å². The standard InChI is InChI=1S/C14H16N2O/c1-10-7-13(16-8-14(2,17)9-16)11-5-3-4-6-12(11)15-10/h3-7,17H,8-9H2,1-2H3. The minimum atomic E-state index is -0.543. The van der Waals surface area contributed by atoms with Crippen molar-refractivity contribution in [3.63, 3.8) is 0 Å². The van der Waals surface area contributed by atoms with Gasteiger partial charge >= 0.3 is 0 Å². The number of rotatable bonds is 1. The monoisotopic (exact) mass is 228 g/mol. The first-order valence-electron chi connectivity index (χ1n) is 5.89. The van der Waals surface area contributed by atoms with Crippen LogP contribution in [-0.2, 0) is 0 Å². The lowest BCUT2D eigenvalue weighted by molar-refractivity contribution is 0.0312. The van der Waals surface area contributed by atoms with Crippen LogP contribution in [0.3, 0.4) is 0 Å². The molecule has 0 amide bonds. The Labute approximate surface area is 101 Å². The summed E-state index contributed by atoms with van der Waals surface area (Å²) < 4.78 is 0. The van der Waals surface area contributed by atoms with Gasteiger partial charge in [-0.1, -0.05) is 18.2 Å². The van der Waals surface area contributed by atoms with Gasteiger partial charge in [-0.2, -0.15) is 0 Å². The van der Waals surface area contributed by atoms with Gasteiger partial charge < -0.3 is 10.0 Å². The summed E-state index contributed by atoms with van der Waals surface area (Å²) in [5.41, 5.74) is 2.68. The van der Waals surface area contributed by atoms with Crippen LogP contribution in [-0.4, -0.2) is 28.8 Å². The van der Waals surface area contributed by atoms with Crippen LogP contribution in [0.25, 0.3) is 10.9 Å². The maximum atomic E-state index is 9.83. The second-order valence-electron chi connectivity index (χ2n) is 5.15. The van der Waals surface area contributed by atoms with Crippen LogP contribution in [0.4, 0.5) is 5.69 Å². The minimum absolute atomic E-state index is 0.543. The van der Waals surface area contributed by atoms with Crippen LogP contribution in [0.2, 0.25) is 0 Å². The van der Waals surface area contributed by atoms with Gasteiger partial charge in [0, 0.05) is 29.9 Å². The summed E-state index contributed by atoms with van der Waals surface area (Å²) in [6.07, 6.45) is 0. The first-order valence-corrected chi connectivity index (χ1v) is 5.89. The molecule has 1 aromatic carbocycles. The molecule has 88 valence electrons. The zero-order valence-corrected chi connectivity index (χ0v) is 10.1. The first kappa shape index (κ1) is 10.5. The zero-order chi connectivity index (χ0) is 12.0. The van der Waals surface area contributed by atoms with Crippen molar-refractivity contribution < 1.29 is 5.11 Å². The third-order valence-corrected chi connectivity index (χ3v) is 3.23. The molecule has 1 aliphatic heterocycles. The smallest absolute Gasteiger partial charge is 0.0967 e. The Morgan fingerprint density at radius 1 is 1.29 bits per heavy atom. The highest BCUT2D eigenvalue weighted by molar-refractivity contribution is 5.92. The molecule has 1 saturated heterocycles. The lowest BCUT2D eigenvalue weighted by atomic mass is 9.95. The lowest BCUT2D eigenvalue weighted by Gasteiger charge is -2.46. The van der Waals surface area contributed by atoms with E-state index >= 15 is 0 Å². The molecular formula is C14H16N2O. The van der Waals surface area contributed by atoms with Gasteiger partial charge in [0.2, 0.25) is 0 Å². The van der Waals surface area contributed by atoms with E-state index < -0.39 is 5.60 Å². The molecule has 3 heteroatoms. The number of aliphatic hydroxyl groups is 1. The highest BCUT2D eigenvalue weighted by Gasteiger charge is 2.37. The number of β-amino-alcohol motifs (C(OH)–C–C–N with tert-alkyl or cyclic N) is 1. The van der Waals surface area contributed by atoms with Crippen molar-refractivity contribution in [1.29, 1.82) is 0 Å². The van der Waals surface area contributed by atoms with Gasteiger partial charge in [-0.15, -0.1) is 0 Å². The molecule has 1 aliphatic rings. The van der Waals surface area contributed by atoms with Gasteiger partial charge in [0.25, 0.3) is 0 Å². The quantitative estimate of drug-likeness (QED) is 0.812. The molecule has 17 heavy (non-hydrogen) atoms. The van der Waals surface area contributed by atoms with Crippen LogP contribution in [0.1, 0.15) is 12.6 Å². The Hall–Kier alpha value is -1.61. The molecule has 1 aromatic heterocycles. The van der Waals surface area contributed by atoms with Gasteiger partial charge in [-0.3, -0.25) is 4.98 Å². The molecule has 2 heterocycles. The molecule has 3 rings (SSSR count). The van der Waals surface area contributed by atoms with Crippen LogP contribution in [0, 0.1) is 6.92 Å². The normalized spacial score (nSPS) is 18.2. The third-order valence-electron chi connectivity index (χ3n) is 3.23. The van der Waals surface area contributed by atoms with Crippen molar-refractivity contribution in [3.05, 3.63) is 36.0 Å². The molecule has 1 fully saturated rings. The molecule has 3 nitrogen and oxygen atoms in total. The largest absolute Gasteiger partial charge is 0.386 e. The van der Waals surface area contributed by atoms with Crippen LogP contribution in [0.5, 0.6) is 0 Å². The van der Waals surface area contributed by atoms with Gasteiger partial charge in [0.1, 0.15) is 0 Å². The van der Waals surface area contributed by atoms with E-state index in [4.69, 9.17) is 0 Å². The number of hydrogen-bond donors (Lipinski definition) is 1. The van der Waals surface area contributed by atoms with Gasteiger partial charge in [0.15, 0.2) is 0 Å². The fraction of sp³-hybridized carbons (Fsp3) is 0.357. The number of aryl methyl sites for hydroxylation is 1. The van der Waals surface area contributed by atoms with Gasteiger partial charge in [-0.25, -0.2) is 0 Å². The summed E-state index contributed by atoms with van der Waals surface area (Å²) >= 11 is 0. The van der Waals surface area contributed by atoms with Crippen LogP contribution < -0.4 is 4.90 Å². The minimum Gasteiger partial charge on any atom is -0.386 e.